The molecule has 2 N–H and O–H groups in total. The summed E-state index contributed by atoms with van der Waals surface area (Å²) in [7, 11) is 0. The molecular formula is C16H27N3. The molecule has 1 aromatic carbocycles. The molecule has 0 aliphatic heterocycles. The summed E-state index contributed by atoms with van der Waals surface area (Å²) in [6.07, 6.45) is 2.03. The number of hydrogen-bond acceptors (Lipinski definition) is 3. The topological polar surface area (TPSA) is 41.6 Å². The molecule has 106 valence electrons. The predicted octanol–water partition coefficient (Wildman–Crippen LogP) is 3.38. The van der Waals surface area contributed by atoms with Gasteiger partial charge in [-0.3, -0.25) is 9.89 Å². The lowest BCUT2D eigenvalue weighted by atomic mass is 9.95. The molecule has 0 amide bonds. The quantitative estimate of drug-likeness (QED) is 0.604. The molecule has 0 aromatic heterocycles. The second kappa shape index (κ2) is 7.95. The third-order valence-electron chi connectivity index (χ3n) is 3.45. The van der Waals surface area contributed by atoms with Gasteiger partial charge in [-0.1, -0.05) is 45.9 Å². The van der Waals surface area contributed by atoms with Crippen molar-refractivity contribution in [2.75, 3.05) is 25.4 Å². The van der Waals surface area contributed by atoms with E-state index < -0.39 is 0 Å². The highest BCUT2D eigenvalue weighted by Crippen LogP contribution is 2.29. The number of hydrogen-bond donors (Lipinski definition) is 1. The number of aliphatic imine (C=N–C) groups is 1. The molecule has 1 rings (SSSR count). The first-order chi connectivity index (χ1) is 9.10. The zero-order valence-electron chi connectivity index (χ0n) is 12.6. The highest BCUT2D eigenvalue weighted by atomic mass is 15.1. The van der Waals surface area contributed by atoms with E-state index >= 15 is 0 Å². The number of nitrogens with zero attached hydrogens (tertiary/aromatic N) is 2. The molecule has 3 heteroatoms. The first-order valence-corrected chi connectivity index (χ1v) is 7.18. The number of nitrogens with two attached hydrogens (primary N) is 1. The van der Waals surface area contributed by atoms with E-state index in [1.165, 1.54) is 0 Å². The van der Waals surface area contributed by atoms with Gasteiger partial charge < -0.3 is 5.73 Å². The third-order valence-corrected chi connectivity index (χ3v) is 3.45. The van der Waals surface area contributed by atoms with Gasteiger partial charge in [0.25, 0.3) is 0 Å². The zero-order valence-corrected chi connectivity index (χ0v) is 12.6. The fraction of sp³-hybridized carbons (Fsp3) is 0.562. The second-order valence-electron chi connectivity index (χ2n) is 5.14. The van der Waals surface area contributed by atoms with Gasteiger partial charge in [-0.05, 0) is 30.6 Å². The van der Waals surface area contributed by atoms with Crippen LogP contribution in [-0.2, 0) is 0 Å². The molecule has 0 heterocycles. The standard InChI is InChI=1S/C16H27N3/c1-5-19(6-2)12-11-18-16(13(3)4)14-9-7-8-10-15(14)17/h7-11,13,16H,5-6,12,17H2,1-4H3. The molecule has 1 unspecified atom stereocenters. The van der Waals surface area contributed by atoms with Crippen LogP contribution >= 0.6 is 0 Å². The molecule has 0 bridgehead atoms. The smallest absolute Gasteiger partial charge is 0.0788 e. The Bertz CT molecular complexity index is 395. The van der Waals surface area contributed by atoms with Crippen molar-refractivity contribution < 1.29 is 0 Å². The Hall–Kier alpha value is -1.35. The fourth-order valence-corrected chi connectivity index (χ4v) is 2.15. The van der Waals surface area contributed by atoms with E-state index in [1.807, 2.05) is 24.4 Å². The van der Waals surface area contributed by atoms with Crippen molar-refractivity contribution in [3.8, 4) is 0 Å². The van der Waals surface area contributed by atoms with Crippen LogP contribution < -0.4 is 5.73 Å². The molecule has 0 radical (unpaired) electrons. The Labute approximate surface area is 117 Å². The van der Waals surface area contributed by atoms with Crippen molar-refractivity contribution in [1.29, 1.82) is 0 Å². The van der Waals surface area contributed by atoms with Gasteiger partial charge >= 0.3 is 0 Å². The summed E-state index contributed by atoms with van der Waals surface area (Å²) in [5, 5.41) is 0. The predicted molar refractivity (Wildman–Crippen MR) is 84.7 cm³/mol. The van der Waals surface area contributed by atoms with Crippen LogP contribution in [0, 0.1) is 5.92 Å². The van der Waals surface area contributed by atoms with Crippen molar-refractivity contribution in [3.63, 3.8) is 0 Å². The normalized spacial score (nSPS) is 13.6. The maximum atomic E-state index is 6.06. The molecule has 1 atom stereocenters. The Morgan fingerprint density at radius 3 is 2.37 bits per heavy atom. The minimum atomic E-state index is 0.150. The van der Waals surface area contributed by atoms with Gasteiger partial charge in [0.15, 0.2) is 0 Å². The van der Waals surface area contributed by atoms with Crippen molar-refractivity contribution in [2.24, 2.45) is 10.9 Å². The van der Waals surface area contributed by atoms with E-state index in [-0.39, 0.29) is 6.04 Å². The summed E-state index contributed by atoms with van der Waals surface area (Å²) in [4.78, 5) is 7.09. The number of benzene rings is 1. The summed E-state index contributed by atoms with van der Waals surface area (Å²) >= 11 is 0. The fourth-order valence-electron chi connectivity index (χ4n) is 2.15. The van der Waals surface area contributed by atoms with Gasteiger partial charge in [-0.15, -0.1) is 0 Å². The first-order valence-electron chi connectivity index (χ1n) is 7.18. The van der Waals surface area contributed by atoms with E-state index in [9.17, 15) is 0 Å². The van der Waals surface area contributed by atoms with Crippen molar-refractivity contribution in [3.05, 3.63) is 29.8 Å². The van der Waals surface area contributed by atoms with Gasteiger partial charge in [0.05, 0.1) is 6.04 Å². The maximum Gasteiger partial charge on any atom is 0.0788 e. The van der Waals surface area contributed by atoms with Gasteiger partial charge in [0.1, 0.15) is 0 Å². The minimum absolute atomic E-state index is 0.150. The van der Waals surface area contributed by atoms with Crippen molar-refractivity contribution in [2.45, 2.75) is 33.7 Å². The van der Waals surface area contributed by atoms with Crippen molar-refractivity contribution in [1.82, 2.24) is 4.90 Å². The Kier molecular flexibility index (Phi) is 6.57. The Balaban J connectivity index is 2.80. The van der Waals surface area contributed by atoms with E-state index in [2.05, 4.69) is 38.7 Å². The lowest BCUT2D eigenvalue weighted by molar-refractivity contribution is 0.348. The van der Waals surface area contributed by atoms with Crippen LogP contribution in [0.5, 0.6) is 0 Å². The number of para-hydroxylation sites is 1. The van der Waals surface area contributed by atoms with Crippen LogP contribution in [0.1, 0.15) is 39.3 Å². The molecule has 0 fully saturated rings. The maximum absolute atomic E-state index is 6.06. The highest BCUT2D eigenvalue weighted by Gasteiger charge is 2.16. The average Bonchev–Trinajstić information content (AvgIpc) is 2.40. The minimum Gasteiger partial charge on any atom is -0.398 e. The zero-order chi connectivity index (χ0) is 14.3. The van der Waals surface area contributed by atoms with Crippen LogP contribution in [-0.4, -0.2) is 30.7 Å². The van der Waals surface area contributed by atoms with E-state index in [4.69, 9.17) is 10.7 Å². The van der Waals surface area contributed by atoms with Crippen LogP contribution in [0.2, 0.25) is 0 Å². The average molecular weight is 261 g/mol. The molecule has 0 saturated heterocycles. The van der Waals surface area contributed by atoms with Gasteiger partial charge in [-0.2, -0.15) is 0 Å². The Morgan fingerprint density at radius 1 is 1.21 bits per heavy atom. The second-order valence-corrected chi connectivity index (χ2v) is 5.14. The van der Waals surface area contributed by atoms with Gasteiger partial charge in [0.2, 0.25) is 0 Å². The summed E-state index contributed by atoms with van der Waals surface area (Å²) < 4.78 is 0. The molecule has 0 aliphatic carbocycles. The van der Waals surface area contributed by atoms with Crippen molar-refractivity contribution >= 4 is 11.9 Å². The van der Waals surface area contributed by atoms with Gasteiger partial charge in [0, 0.05) is 18.4 Å². The molecule has 19 heavy (non-hydrogen) atoms. The SMILES string of the molecule is CCN(CC)CC=NC(c1ccccc1N)C(C)C. The van der Waals surface area contributed by atoms with Crippen LogP contribution in [0.25, 0.3) is 0 Å². The molecular weight excluding hydrogens is 234 g/mol. The molecule has 0 spiro atoms. The monoisotopic (exact) mass is 261 g/mol. The van der Waals surface area contributed by atoms with E-state index in [1.54, 1.807) is 0 Å². The van der Waals surface area contributed by atoms with Gasteiger partial charge in [-0.25, -0.2) is 0 Å². The van der Waals surface area contributed by atoms with Crippen LogP contribution in [0.3, 0.4) is 0 Å². The summed E-state index contributed by atoms with van der Waals surface area (Å²) in [5.41, 5.74) is 8.03. The molecule has 0 aliphatic rings. The first kappa shape index (κ1) is 15.7. The summed E-state index contributed by atoms with van der Waals surface area (Å²) in [5.74, 6) is 0.442. The summed E-state index contributed by atoms with van der Waals surface area (Å²) in [6, 6.07) is 8.17. The lowest BCUT2D eigenvalue weighted by Gasteiger charge is -2.20. The van der Waals surface area contributed by atoms with Crippen LogP contribution in [0.4, 0.5) is 5.69 Å². The van der Waals surface area contributed by atoms with E-state index in [0.717, 1.165) is 30.9 Å². The largest absolute Gasteiger partial charge is 0.398 e. The Morgan fingerprint density at radius 2 is 1.84 bits per heavy atom. The third kappa shape index (κ3) is 4.67. The number of nitrogen functional groups attached to an aromatic ring is 1. The highest BCUT2D eigenvalue weighted by molar-refractivity contribution is 5.61. The number of anilines is 1. The number of rotatable bonds is 7. The lowest BCUT2D eigenvalue weighted by Crippen LogP contribution is -2.25. The molecule has 1 aromatic rings. The van der Waals surface area contributed by atoms with Crippen LogP contribution in [0.15, 0.2) is 29.3 Å². The molecule has 0 saturated carbocycles. The molecule has 3 nitrogen and oxygen atoms in total. The summed E-state index contributed by atoms with van der Waals surface area (Å²) in [6.45, 7) is 11.7. The van der Waals surface area contributed by atoms with E-state index in [0.29, 0.717) is 5.92 Å².